The average Bonchev–Trinajstić information content (AvgIpc) is 3.58. The van der Waals surface area contributed by atoms with Gasteiger partial charge in [-0.1, -0.05) is 6.07 Å². The Labute approximate surface area is 190 Å². The first-order chi connectivity index (χ1) is 16.0. The summed E-state index contributed by atoms with van der Waals surface area (Å²) in [6.45, 7) is 0.492. The number of amides is 2. The average molecular weight is 454 g/mol. The van der Waals surface area contributed by atoms with Crippen LogP contribution in [0.25, 0.3) is 5.69 Å². The fourth-order valence-electron chi connectivity index (χ4n) is 5.17. The van der Waals surface area contributed by atoms with Gasteiger partial charge in [-0.15, -0.1) is 5.10 Å². The van der Waals surface area contributed by atoms with E-state index >= 15 is 0 Å². The van der Waals surface area contributed by atoms with Crippen LogP contribution in [-0.2, 0) is 14.3 Å². The van der Waals surface area contributed by atoms with Crippen LogP contribution in [0.5, 0.6) is 0 Å². The van der Waals surface area contributed by atoms with Crippen molar-refractivity contribution in [3.63, 3.8) is 0 Å². The van der Waals surface area contributed by atoms with E-state index in [9.17, 15) is 14.4 Å². The van der Waals surface area contributed by atoms with Gasteiger partial charge in [0.1, 0.15) is 25.0 Å². The summed E-state index contributed by atoms with van der Waals surface area (Å²) in [5.74, 6) is -0.689. The molecule has 2 saturated heterocycles. The number of hydrogen-bond acceptors (Lipinski definition) is 8. The van der Waals surface area contributed by atoms with Crippen LogP contribution >= 0.6 is 0 Å². The number of aromatic nitrogens is 4. The lowest BCUT2D eigenvalue weighted by atomic mass is 9.81. The molecule has 3 heterocycles. The van der Waals surface area contributed by atoms with Crippen molar-refractivity contribution in [3.05, 3.63) is 36.2 Å². The van der Waals surface area contributed by atoms with Crippen molar-refractivity contribution in [1.82, 2.24) is 30.4 Å². The van der Waals surface area contributed by atoms with Gasteiger partial charge in [0.2, 0.25) is 5.91 Å². The van der Waals surface area contributed by atoms with E-state index in [4.69, 9.17) is 10.5 Å². The number of carbonyl (C=O) groups is 3. The van der Waals surface area contributed by atoms with Gasteiger partial charge in [-0.25, -0.2) is 4.68 Å². The van der Waals surface area contributed by atoms with Crippen molar-refractivity contribution in [2.75, 3.05) is 13.2 Å². The minimum atomic E-state index is -0.728. The van der Waals surface area contributed by atoms with Crippen LogP contribution < -0.4 is 11.1 Å². The van der Waals surface area contributed by atoms with Crippen molar-refractivity contribution in [2.24, 2.45) is 11.7 Å². The second-order valence-corrected chi connectivity index (χ2v) is 9.01. The molecule has 1 aromatic heterocycles. The van der Waals surface area contributed by atoms with Crippen LogP contribution in [-0.4, -0.2) is 80.1 Å². The second-order valence-electron chi connectivity index (χ2n) is 9.01. The number of ether oxygens (including phenoxy) is 1. The molecular weight excluding hydrogens is 426 g/mol. The molecule has 3 aliphatic rings. The van der Waals surface area contributed by atoms with Gasteiger partial charge in [0.25, 0.3) is 5.91 Å². The number of nitrogens with two attached hydrogens (primary N) is 1. The fraction of sp³-hybridized carbons (Fsp3) is 0.545. The van der Waals surface area contributed by atoms with Crippen molar-refractivity contribution >= 4 is 17.6 Å². The monoisotopic (exact) mass is 453 g/mol. The van der Waals surface area contributed by atoms with Gasteiger partial charge in [-0.05, 0) is 66.6 Å². The van der Waals surface area contributed by atoms with Crippen LogP contribution in [0.15, 0.2) is 30.6 Å². The topological polar surface area (TPSA) is 145 Å². The highest BCUT2D eigenvalue weighted by Crippen LogP contribution is 2.32. The Kier molecular flexibility index (Phi) is 5.90. The van der Waals surface area contributed by atoms with Gasteiger partial charge < -0.3 is 20.7 Å². The number of tetrazole rings is 1. The highest BCUT2D eigenvalue weighted by Gasteiger charge is 2.49. The number of nitrogens with zero attached hydrogens (tertiary/aromatic N) is 5. The number of carbonyl (C=O) groups excluding carboxylic acids is 3. The Balaban J connectivity index is 1.38. The number of benzene rings is 1. The third-order valence-electron chi connectivity index (χ3n) is 6.96. The molecule has 3 N–H and O–H groups in total. The Morgan fingerprint density at radius 2 is 2.00 bits per heavy atom. The third-order valence-corrected chi connectivity index (χ3v) is 6.96. The summed E-state index contributed by atoms with van der Waals surface area (Å²) in [4.78, 5) is 40.9. The zero-order valence-corrected chi connectivity index (χ0v) is 18.2. The van der Waals surface area contributed by atoms with E-state index in [-0.39, 0.29) is 42.3 Å². The number of rotatable bonds is 5. The van der Waals surface area contributed by atoms with Crippen molar-refractivity contribution < 1.29 is 19.1 Å². The maximum atomic E-state index is 13.7. The number of nitrogens with one attached hydrogen (secondary N) is 1. The molecule has 11 heteroatoms. The van der Waals surface area contributed by atoms with Gasteiger partial charge in [0.15, 0.2) is 5.78 Å². The molecule has 2 aromatic rings. The first-order valence-corrected chi connectivity index (χ1v) is 11.4. The molecule has 11 nitrogen and oxygen atoms in total. The second kappa shape index (κ2) is 8.99. The van der Waals surface area contributed by atoms with E-state index in [2.05, 4.69) is 20.8 Å². The molecule has 3 atom stereocenters. The van der Waals surface area contributed by atoms with E-state index in [0.29, 0.717) is 24.2 Å². The van der Waals surface area contributed by atoms with Crippen molar-refractivity contribution in [3.8, 4) is 5.69 Å². The van der Waals surface area contributed by atoms with Gasteiger partial charge in [0.05, 0.1) is 11.8 Å². The van der Waals surface area contributed by atoms with E-state index in [1.54, 1.807) is 29.2 Å². The first-order valence-electron chi connectivity index (χ1n) is 11.4. The number of fused-ring (bicyclic) bond motifs is 1. The van der Waals surface area contributed by atoms with Gasteiger partial charge in [-0.2, -0.15) is 0 Å². The summed E-state index contributed by atoms with van der Waals surface area (Å²) in [5.41, 5.74) is 7.11. The fourth-order valence-corrected chi connectivity index (χ4v) is 5.17. The summed E-state index contributed by atoms with van der Waals surface area (Å²) in [7, 11) is 0. The normalized spacial score (nSPS) is 27.9. The minimum Gasteiger partial charge on any atom is -0.368 e. The molecule has 0 spiro atoms. The molecule has 0 bridgehead atoms. The summed E-state index contributed by atoms with van der Waals surface area (Å²) in [6.07, 6.45) is 4.92. The smallest absolute Gasteiger partial charge is 0.252 e. The van der Waals surface area contributed by atoms with Crippen LogP contribution in [0.1, 0.15) is 42.5 Å². The van der Waals surface area contributed by atoms with Crippen LogP contribution in [0, 0.1) is 5.92 Å². The maximum Gasteiger partial charge on any atom is 0.252 e. The van der Waals surface area contributed by atoms with Crippen LogP contribution in [0.4, 0.5) is 0 Å². The summed E-state index contributed by atoms with van der Waals surface area (Å²) in [5, 5.41) is 14.1. The molecule has 0 radical (unpaired) electrons. The Bertz CT molecular complexity index is 1040. The predicted molar refractivity (Wildman–Crippen MR) is 115 cm³/mol. The zero-order chi connectivity index (χ0) is 22.9. The molecule has 2 amide bonds. The van der Waals surface area contributed by atoms with Gasteiger partial charge >= 0.3 is 0 Å². The predicted octanol–water partition coefficient (Wildman–Crippen LogP) is -0.153. The maximum absolute atomic E-state index is 13.7. The highest BCUT2D eigenvalue weighted by molar-refractivity contribution is 5.99. The SMILES string of the molecule is NC1CCC([C@H](NC(=O)c2cccc(-n3cnnn3)c2)C(=O)N2CC[C@H]3OCC(=O)[C@H]32)CC1. The summed E-state index contributed by atoms with van der Waals surface area (Å²) in [6, 6.07) is 5.71. The lowest BCUT2D eigenvalue weighted by Gasteiger charge is -2.35. The molecule has 0 unspecified atom stereocenters. The standard InChI is InChI=1S/C22H27N7O4/c23-15-6-4-13(5-7-15)19(22(32)28-9-8-18-20(28)17(30)11-33-18)25-21(31)14-2-1-3-16(10-14)29-12-24-26-27-29/h1-3,10,12-13,15,18-20H,4-9,11,23H2,(H,25,31)/t13?,15?,18-,19+,20-/m1/s1. The van der Waals surface area contributed by atoms with Gasteiger partial charge in [-0.3, -0.25) is 14.4 Å². The lowest BCUT2D eigenvalue weighted by Crippen LogP contribution is -2.55. The highest BCUT2D eigenvalue weighted by atomic mass is 16.5. The molecule has 5 rings (SSSR count). The van der Waals surface area contributed by atoms with Crippen molar-refractivity contribution in [2.45, 2.75) is 56.3 Å². The first kappa shape index (κ1) is 21.7. The van der Waals surface area contributed by atoms with Crippen LogP contribution in [0.2, 0.25) is 0 Å². The number of hydrogen-bond donors (Lipinski definition) is 2. The Hall–Kier alpha value is -3.18. The largest absolute Gasteiger partial charge is 0.368 e. The zero-order valence-electron chi connectivity index (χ0n) is 18.2. The Morgan fingerprint density at radius 1 is 1.18 bits per heavy atom. The molecule has 3 fully saturated rings. The van der Waals surface area contributed by atoms with E-state index < -0.39 is 12.1 Å². The third kappa shape index (κ3) is 4.25. The molecule has 174 valence electrons. The molecule has 1 aromatic carbocycles. The van der Waals surface area contributed by atoms with Gasteiger partial charge in [0, 0.05) is 18.2 Å². The minimum absolute atomic E-state index is 0.0400. The Morgan fingerprint density at radius 3 is 2.76 bits per heavy atom. The number of ketones is 1. The molecule has 33 heavy (non-hydrogen) atoms. The quantitative estimate of drug-likeness (QED) is 0.636. The number of Topliss-reactive ketones (excluding diaryl/α,β-unsaturated/α-hetero) is 1. The molecule has 1 saturated carbocycles. The molecular formula is C22H27N7O4. The van der Waals surface area contributed by atoms with E-state index in [0.717, 1.165) is 25.7 Å². The molecule has 1 aliphatic carbocycles. The lowest BCUT2D eigenvalue weighted by molar-refractivity contribution is -0.139. The summed E-state index contributed by atoms with van der Waals surface area (Å²) >= 11 is 0. The van der Waals surface area contributed by atoms with E-state index in [1.165, 1.54) is 11.0 Å². The van der Waals surface area contributed by atoms with E-state index in [1.807, 2.05) is 0 Å². The summed E-state index contributed by atoms with van der Waals surface area (Å²) < 4.78 is 7.00. The van der Waals surface area contributed by atoms with Crippen LogP contribution in [0.3, 0.4) is 0 Å². The van der Waals surface area contributed by atoms with Crippen molar-refractivity contribution in [1.29, 1.82) is 0 Å². The number of likely N-dealkylation sites (tertiary alicyclic amines) is 1. The molecule has 2 aliphatic heterocycles.